The maximum Gasteiger partial charge on any atom is 0.309 e. The number of imidazole rings is 1. The Bertz CT molecular complexity index is 1120. The van der Waals surface area contributed by atoms with E-state index in [1.165, 1.54) is 0 Å². The number of carboxylic acids is 1. The van der Waals surface area contributed by atoms with E-state index in [4.69, 9.17) is 25.8 Å². The number of methoxy groups -OCH3 is 1. The predicted octanol–water partition coefficient (Wildman–Crippen LogP) is 4.85. The molecule has 1 aliphatic heterocycles. The number of aromatic nitrogens is 2. The van der Waals surface area contributed by atoms with Crippen LogP contribution in [0.1, 0.15) is 29.8 Å². The summed E-state index contributed by atoms with van der Waals surface area (Å²) in [7, 11) is 1.64. The second kappa shape index (κ2) is 9.75. The fourth-order valence-corrected chi connectivity index (χ4v) is 4.68. The van der Waals surface area contributed by atoms with Crippen LogP contribution >= 0.6 is 23.4 Å². The van der Waals surface area contributed by atoms with Crippen LogP contribution in [0.3, 0.4) is 0 Å². The topological polar surface area (TPSA) is 82.8 Å². The fraction of sp³-hybridized carbons (Fsp3) is 0.304. The maximum atomic E-state index is 11.6. The van der Waals surface area contributed by atoms with Gasteiger partial charge in [0.15, 0.2) is 11.5 Å². The SMILES string of the molecule is COc1ccc(SCC(C)c2ncn(Cc3cc4c(cc3Cl)OCO4)c2CC(=O)O)cc1. The van der Waals surface area contributed by atoms with Crippen molar-refractivity contribution in [2.24, 2.45) is 0 Å². The molecule has 32 heavy (non-hydrogen) atoms. The standard InChI is InChI=1S/C23H23ClN2O5S/c1-14(11-32-17-5-3-16(29-2)4-6-17)23-19(9-22(27)28)26(12-25-23)10-15-7-20-21(8-18(15)24)31-13-30-20/h3-8,12,14H,9-11,13H2,1-2H3,(H,27,28). The van der Waals surface area contributed by atoms with Crippen molar-refractivity contribution in [2.75, 3.05) is 19.7 Å². The highest BCUT2D eigenvalue weighted by Crippen LogP contribution is 2.37. The largest absolute Gasteiger partial charge is 0.497 e. The quantitative estimate of drug-likeness (QED) is 0.444. The summed E-state index contributed by atoms with van der Waals surface area (Å²) in [5, 5.41) is 10.0. The van der Waals surface area contributed by atoms with Crippen LogP contribution in [-0.4, -0.2) is 40.3 Å². The summed E-state index contributed by atoms with van der Waals surface area (Å²) in [6.07, 6.45) is 1.57. The predicted molar refractivity (Wildman–Crippen MR) is 122 cm³/mol. The second-order valence-corrected chi connectivity index (χ2v) is 8.96. The molecule has 1 N–H and O–H groups in total. The molecule has 1 aromatic heterocycles. The van der Waals surface area contributed by atoms with Gasteiger partial charge in [-0.25, -0.2) is 4.98 Å². The van der Waals surface area contributed by atoms with E-state index < -0.39 is 5.97 Å². The smallest absolute Gasteiger partial charge is 0.309 e. The van der Waals surface area contributed by atoms with Crippen LogP contribution in [0.15, 0.2) is 47.6 Å². The number of carboxylic acid groups (broad SMARTS) is 1. The highest BCUT2D eigenvalue weighted by molar-refractivity contribution is 7.99. The molecule has 3 aromatic rings. The summed E-state index contributed by atoms with van der Waals surface area (Å²) in [5.74, 6) is 1.98. The average molecular weight is 475 g/mol. The van der Waals surface area contributed by atoms with Crippen LogP contribution in [0.5, 0.6) is 17.2 Å². The van der Waals surface area contributed by atoms with Gasteiger partial charge < -0.3 is 23.9 Å². The number of nitrogens with zero attached hydrogens (tertiary/aromatic N) is 2. The van der Waals surface area contributed by atoms with Crippen LogP contribution in [-0.2, 0) is 17.8 Å². The molecule has 0 fully saturated rings. The van der Waals surface area contributed by atoms with E-state index in [0.29, 0.717) is 28.8 Å². The molecule has 7 nitrogen and oxygen atoms in total. The molecule has 1 unspecified atom stereocenters. The van der Waals surface area contributed by atoms with Gasteiger partial charge in [-0.1, -0.05) is 18.5 Å². The lowest BCUT2D eigenvalue weighted by Gasteiger charge is -2.14. The van der Waals surface area contributed by atoms with Gasteiger partial charge >= 0.3 is 5.97 Å². The lowest BCUT2D eigenvalue weighted by atomic mass is 10.1. The molecule has 0 radical (unpaired) electrons. The number of fused-ring (bicyclic) bond motifs is 1. The first-order valence-corrected chi connectivity index (χ1v) is 11.4. The molecule has 0 spiro atoms. The minimum absolute atomic E-state index is 0.0601. The molecule has 0 saturated heterocycles. The van der Waals surface area contributed by atoms with Crippen molar-refractivity contribution in [2.45, 2.75) is 30.7 Å². The van der Waals surface area contributed by atoms with E-state index in [-0.39, 0.29) is 19.1 Å². The Morgan fingerprint density at radius 1 is 1.28 bits per heavy atom. The van der Waals surface area contributed by atoms with E-state index in [1.54, 1.807) is 31.3 Å². The Morgan fingerprint density at radius 3 is 2.69 bits per heavy atom. The Labute approximate surface area is 195 Å². The van der Waals surface area contributed by atoms with Crippen molar-refractivity contribution in [1.82, 2.24) is 9.55 Å². The average Bonchev–Trinajstić information content (AvgIpc) is 3.39. The van der Waals surface area contributed by atoms with Gasteiger partial charge in [0.05, 0.1) is 37.8 Å². The lowest BCUT2D eigenvalue weighted by molar-refractivity contribution is -0.136. The third-order valence-corrected chi connectivity index (χ3v) is 6.83. The Morgan fingerprint density at radius 2 is 2.00 bits per heavy atom. The summed E-state index contributed by atoms with van der Waals surface area (Å²) in [6, 6.07) is 11.4. The van der Waals surface area contributed by atoms with Gasteiger partial charge in [-0.3, -0.25) is 4.79 Å². The van der Waals surface area contributed by atoms with Gasteiger partial charge in [0.25, 0.3) is 0 Å². The van der Waals surface area contributed by atoms with Gasteiger partial charge in [-0.05, 0) is 35.9 Å². The molecule has 0 bridgehead atoms. The first-order valence-electron chi connectivity index (χ1n) is 10.0. The fourth-order valence-electron chi connectivity index (χ4n) is 3.54. The summed E-state index contributed by atoms with van der Waals surface area (Å²) in [6.45, 7) is 2.61. The molecule has 4 rings (SSSR count). The van der Waals surface area contributed by atoms with Crippen molar-refractivity contribution < 1.29 is 24.1 Å². The number of rotatable bonds is 9. The number of benzene rings is 2. The minimum Gasteiger partial charge on any atom is -0.497 e. The van der Waals surface area contributed by atoms with E-state index in [9.17, 15) is 9.90 Å². The van der Waals surface area contributed by atoms with E-state index in [0.717, 1.165) is 27.7 Å². The van der Waals surface area contributed by atoms with Crippen LogP contribution in [0.2, 0.25) is 5.02 Å². The number of hydrogen-bond acceptors (Lipinski definition) is 6. The third-order valence-electron chi connectivity index (χ3n) is 5.21. The molecule has 2 aromatic carbocycles. The third kappa shape index (κ3) is 4.97. The molecule has 2 heterocycles. The molecule has 1 aliphatic rings. The summed E-state index contributed by atoms with van der Waals surface area (Å²) in [5.41, 5.74) is 2.27. The van der Waals surface area contributed by atoms with Crippen molar-refractivity contribution in [3.05, 3.63) is 64.7 Å². The van der Waals surface area contributed by atoms with Crippen LogP contribution in [0.4, 0.5) is 0 Å². The number of aliphatic carboxylic acids is 1. The Balaban J connectivity index is 1.53. The number of carbonyl (C=O) groups is 1. The molecule has 9 heteroatoms. The normalized spacial score (nSPS) is 13.2. The zero-order chi connectivity index (χ0) is 22.7. The number of thioether (sulfide) groups is 1. The maximum absolute atomic E-state index is 11.6. The van der Waals surface area contributed by atoms with E-state index in [2.05, 4.69) is 11.9 Å². The first-order chi connectivity index (χ1) is 15.4. The van der Waals surface area contributed by atoms with Gasteiger partial charge in [0.1, 0.15) is 5.75 Å². The molecule has 0 saturated carbocycles. The van der Waals surface area contributed by atoms with E-state index in [1.807, 2.05) is 34.9 Å². The Hall–Kier alpha value is -2.84. The monoisotopic (exact) mass is 474 g/mol. The van der Waals surface area contributed by atoms with Crippen molar-refractivity contribution >= 4 is 29.3 Å². The molecular formula is C23H23ClN2O5S. The zero-order valence-corrected chi connectivity index (χ0v) is 19.3. The first kappa shape index (κ1) is 22.4. The van der Waals surface area contributed by atoms with Crippen molar-refractivity contribution in [3.63, 3.8) is 0 Å². The highest BCUT2D eigenvalue weighted by atomic mass is 35.5. The summed E-state index contributed by atoms with van der Waals surface area (Å²) >= 11 is 8.12. The zero-order valence-electron chi connectivity index (χ0n) is 17.7. The van der Waals surface area contributed by atoms with Gasteiger partial charge in [-0.2, -0.15) is 0 Å². The number of hydrogen-bond donors (Lipinski definition) is 1. The second-order valence-electron chi connectivity index (χ2n) is 7.46. The van der Waals surface area contributed by atoms with Crippen molar-refractivity contribution in [1.29, 1.82) is 0 Å². The Kier molecular flexibility index (Phi) is 6.81. The van der Waals surface area contributed by atoms with E-state index >= 15 is 0 Å². The van der Waals surface area contributed by atoms with Gasteiger partial charge in [0, 0.05) is 27.7 Å². The van der Waals surface area contributed by atoms with Gasteiger partial charge in [-0.15, -0.1) is 11.8 Å². The van der Waals surface area contributed by atoms with Crippen LogP contribution in [0, 0.1) is 0 Å². The molecular weight excluding hydrogens is 452 g/mol. The molecule has 1 atom stereocenters. The summed E-state index contributed by atoms with van der Waals surface area (Å²) < 4.78 is 17.9. The van der Waals surface area contributed by atoms with Crippen molar-refractivity contribution in [3.8, 4) is 17.2 Å². The van der Waals surface area contributed by atoms with Gasteiger partial charge in [0.2, 0.25) is 6.79 Å². The minimum atomic E-state index is -0.903. The molecule has 0 amide bonds. The highest BCUT2D eigenvalue weighted by Gasteiger charge is 2.22. The lowest BCUT2D eigenvalue weighted by Crippen LogP contribution is -2.12. The molecule has 168 valence electrons. The number of ether oxygens (including phenoxy) is 3. The molecule has 0 aliphatic carbocycles. The van der Waals surface area contributed by atoms with Crippen LogP contribution in [0.25, 0.3) is 0 Å². The van der Waals surface area contributed by atoms with Crippen LogP contribution < -0.4 is 14.2 Å². The number of halogens is 1. The summed E-state index contributed by atoms with van der Waals surface area (Å²) in [4.78, 5) is 17.3.